The molecule has 28 heavy (non-hydrogen) atoms. The van der Waals surface area contributed by atoms with E-state index in [4.69, 9.17) is 9.47 Å². The van der Waals surface area contributed by atoms with Crippen LogP contribution in [0.3, 0.4) is 0 Å². The summed E-state index contributed by atoms with van der Waals surface area (Å²) in [4.78, 5) is 12.1. The third-order valence-electron chi connectivity index (χ3n) is 4.21. The van der Waals surface area contributed by atoms with Gasteiger partial charge in [0.1, 0.15) is 0 Å². The molecule has 0 fully saturated rings. The van der Waals surface area contributed by atoms with E-state index in [2.05, 4.69) is 27.9 Å². The van der Waals surface area contributed by atoms with Crippen LogP contribution >= 0.6 is 0 Å². The molecule has 1 aromatic heterocycles. The number of nitrogens with one attached hydrogen (secondary N) is 2. The zero-order valence-electron chi connectivity index (χ0n) is 16.0. The lowest BCUT2D eigenvalue weighted by Gasteiger charge is -2.10. The van der Waals surface area contributed by atoms with Gasteiger partial charge in [0.25, 0.3) is 0 Å². The Balaban J connectivity index is 1.46. The molecule has 0 bridgehead atoms. The second kappa shape index (κ2) is 9.45. The van der Waals surface area contributed by atoms with Crippen molar-refractivity contribution in [3.8, 4) is 11.5 Å². The third kappa shape index (κ3) is 5.26. The maximum atomic E-state index is 12.1. The number of nitrogens with zero attached hydrogens (tertiary/aromatic N) is 2. The summed E-state index contributed by atoms with van der Waals surface area (Å²) in [6.07, 6.45) is 1.91. The molecule has 7 nitrogen and oxygen atoms in total. The average molecular weight is 380 g/mol. The summed E-state index contributed by atoms with van der Waals surface area (Å²) in [5.74, 6) is 1.29. The van der Waals surface area contributed by atoms with Crippen molar-refractivity contribution >= 4 is 6.03 Å². The molecule has 146 valence electrons. The smallest absolute Gasteiger partial charge is 0.315 e. The number of hydrogen-bond donors (Lipinski definition) is 2. The van der Waals surface area contributed by atoms with Crippen molar-refractivity contribution in [2.24, 2.45) is 0 Å². The van der Waals surface area contributed by atoms with E-state index in [1.165, 1.54) is 5.56 Å². The molecule has 0 aliphatic heterocycles. The van der Waals surface area contributed by atoms with E-state index in [-0.39, 0.29) is 6.03 Å². The van der Waals surface area contributed by atoms with Crippen LogP contribution in [-0.2, 0) is 19.6 Å². The Labute approximate surface area is 164 Å². The van der Waals surface area contributed by atoms with E-state index >= 15 is 0 Å². The average Bonchev–Trinajstić information content (AvgIpc) is 3.18. The molecule has 3 aromatic rings. The van der Waals surface area contributed by atoms with Crippen molar-refractivity contribution in [1.82, 2.24) is 20.4 Å². The van der Waals surface area contributed by atoms with E-state index in [9.17, 15) is 4.79 Å². The van der Waals surface area contributed by atoms with Gasteiger partial charge in [-0.25, -0.2) is 4.79 Å². The number of urea groups is 1. The van der Waals surface area contributed by atoms with E-state index < -0.39 is 0 Å². The van der Waals surface area contributed by atoms with Gasteiger partial charge in [0.15, 0.2) is 11.5 Å². The van der Waals surface area contributed by atoms with Gasteiger partial charge in [0.2, 0.25) is 0 Å². The fourth-order valence-corrected chi connectivity index (χ4v) is 2.76. The number of amides is 2. The molecule has 1 heterocycles. The Morgan fingerprint density at radius 1 is 0.929 bits per heavy atom. The maximum absolute atomic E-state index is 12.1. The lowest BCUT2D eigenvalue weighted by atomic mass is 10.2. The molecular formula is C21H24N4O3. The Bertz CT molecular complexity index is 909. The predicted molar refractivity (Wildman–Crippen MR) is 106 cm³/mol. The first kappa shape index (κ1) is 19.3. The molecule has 2 N–H and O–H groups in total. The van der Waals surface area contributed by atoms with E-state index in [1.807, 2.05) is 53.3 Å². The van der Waals surface area contributed by atoms with Crippen molar-refractivity contribution in [1.29, 1.82) is 0 Å². The van der Waals surface area contributed by atoms with E-state index in [0.29, 0.717) is 31.1 Å². The molecule has 0 spiro atoms. The van der Waals surface area contributed by atoms with Crippen LogP contribution in [-0.4, -0.2) is 30.0 Å². The molecule has 0 atom stereocenters. The number of carbonyl (C=O) groups excluding carboxylic acids is 1. The second-order valence-corrected chi connectivity index (χ2v) is 6.22. The predicted octanol–water partition coefficient (Wildman–Crippen LogP) is 2.95. The number of methoxy groups -OCH3 is 2. The highest BCUT2D eigenvalue weighted by atomic mass is 16.5. The summed E-state index contributed by atoms with van der Waals surface area (Å²) in [5.41, 5.74) is 2.90. The first-order valence-electron chi connectivity index (χ1n) is 8.97. The van der Waals surface area contributed by atoms with Crippen molar-refractivity contribution < 1.29 is 14.3 Å². The Kier molecular flexibility index (Phi) is 6.51. The maximum Gasteiger partial charge on any atom is 0.315 e. The number of aromatic nitrogens is 2. The number of benzene rings is 2. The first-order valence-corrected chi connectivity index (χ1v) is 8.97. The van der Waals surface area contributed by atoms with Gasteiger partial charge < -0.3 is 20.1 Å². The monoisotopic (exact) mass is 380 g/mol. The van der Waals surface area contributed by atoms with Crippen LogP contribution in [0.1, 0.15) is 16.8 Å². The number of ether oxygens (including phenoxy) is 2. The Morgan fingerprint density at radius 2 is 1.68 bits per heavy atom. The topological polar surface area (TPSA) is 77.4 Å². The number of rotatable bonds is 8. The van der Waals surface area contributed by atoms with Gasteiger partial charge in [-0.1, -0.05) is 36.4 Å². The molecule has 7 heteroatoms. The highest BCUT2D eigenvalue weighted by Gasteiger charge is 2.07. The highest BCUT2D eigenvalue weighted by Crippen LogP contribution is 2.27. The van der Waals surface area contributed by atoms with Crippen molar-refractivity contribution in [3.05, 3.63) is 77.6 Å². The van der Waals surface area contributed by atoms with Crippen molar-refractivity contribution in [2.45, 2.75) is 19.6 Å². The summed E-state index contributed by atoms with van der Waals surface area (Å²) >= 11 is 0. The van der Waals surface area contributed by atoms with Gasteiger partial charge >= 0.3 is 6.03 Å². The van der Waals surface area contributed by atoms with Crippen LogP contribution in [0.15, 0.2) is 60.8 Å². The van der Waals surface area contributed by atoms with E-state index in [0.717, 1.165) is 11.3 Å². The molecule has 2 amide bonds. The summed E-state index contributed by atoms with van der Waals surface area (Å²) in [6.45, 7) is 1.44. The first-order chi connectivity index (χ1) is 13.7. The minimum atomic E-state index is -0.257. The van der Waals surface area contributed by atoms with Gasteiger partial charge in [-0.05, 0) is 29.3 Å². The summed E-state index contributed by atoms with van der Waals surface area (Å²) in [5, 5.41) is 10.1. The molecule has 0 saturated carbocycles. The minimum Gasteiger partial charge on any atom is -0.493 e. The zero-order chi connectivity index (χ0) is 19.8. The molecular weight excluding hydrogens is 356 g/mol. The van der Waals surface area contributed by atoms with Gasteiger partial charge in [0.05, 0.1) is 33.0 Å². The van der Waals surface area contributed by atoms with Crippen molar-refractivity contribution in [2.75, 3.05) is 14.2 Å². The Morgan fingerprint density at radius 3 is 2.43 bits per heavy atom. The fraction of sp³-hybridized carbons (Fsp3) is 0.238. The molecule has 0 aliphatic carbocycles. The van der Waals surface area contributed by atoms with Gasteiger partial charge in [0, 0.05) is 12.7 Å². The molecule has 0 unspecified atom stereocenters. The van der Waals surface area contributed by atoms with Crippen LogP contribution in [0.25, 0.3) is 0 Å². The van der Waals surface area contributed by atoms with Gasteiger partial charge in [-0.3, -0.25) is 4.68 Å². The van der Waals surface area contributed by atoms with Crippen LogP contribution < -0.4 is 20.1 Å². The molecule has 0 aliphatic rings. The lowest BCUT2D eigenvalue weighted by Crippen LogP contribution is -2.34. The van der Waals surface area contributed by atoms with Crippen LogP contribution in [0.4, 0.5) is 4.79 Å². The Hall–Kier alpha value is -3.48. The molecule has 0 saturated heterocycles. The van der Waals surface area contributed by atoms with E-state index in [1.54, 1.807) is 14.2 Å². The quantitative estimate of drug-likeness (QED) is 0.630. The zero-order valence-corrected chi connectivity index (χ0v) is 16.0. The van der Waals surface area contributed by atoms with Crippen LogP contribution in [0, 0.1) is 0 Å². The third-order valence-corrected chi connectivity index (χ3v) is 4.21. The van der Waals surface area contributed by atoms with Crippen molar-refractivity contribution in [3.63, 3.8) is 0 Å². The molecule has 3 rings (SSSR count). The van der Waals surface area contributed by atoms with Gasteiger partial charge in [-0.2, -0.15) is 5.10 Å². The van der Waals surface area contributed by atoms with Crippen LogP contribution in [0.2, 0.25) is 0 Å². The summed E-state index contributed by atoms with van der Waals surface area (Å²) in [7, 11) is 3.17. The highest BCUT2D eigenvalue weighted by molar-refractivity contribution is 5.73. The number of carbonyl (C=O) groups is 1. The van der Waals surface area contributed by atoms with Crippen LogP contribution in [0.5, 0.6) is 11.5 Å². The molecule has 0 radical (unpaired) electrons. The SMILES string of the molecule is COc1ccc(CNC(=O)NCc2ccn(Cc3ccccc3)n2)cc1OC. The number of hydrogen-bond acceptors (Lipinski definition) is 4. The normalized spacial score (nSPS) is 10.4. The minimum absolute atomic E-state index is 0.257. The van der Waals surface area contributed by atoms with Gasteiger partial charge in [-0.15, -0.1) is 0 Å². The lowest BCUT2D eigenvalue weighted by molar-refractivity contribution is 0.240. The summed E-state index contributed by atoms with van der Waals surface area (Å²) in [6, 6.07) is 17.3. The summed E-state index contributed by atoms with van der Waals surface area (Å²) < 4.78 is 12.3. The largest absolute Gasteiger partial charge is 0.493 e. The molecule has 2 aromatic carbocycles. The standard InChI is InChI=1S/C21H24N4O3/c1-27-19-9-8-17(12-20(19)28-2)13-22-21(26)23-14-18-10-11-25(24-18)15-16-6-4-3-5-7-16/h3-12H,13-15H2,1-2H3,(H2,22,23,26). The fourth-order valence-electron chi connectivity index (χ4n) is 2.76. The second-order valence-electron chi connectivity index (χ2n) is 6.22.